The van der Waals surface area contributed by atoms with E-state index in [4.69, 9.17) is 17.4 Å². The zero-order chi connectivity index (χ0) is 14.7. The van der Waals surface area contributed by atoms with Crippen LogP contribution in [0.2, 0.25) is 5.02 Å². The van der Waals surface area contributed by atoms with Crippen molar-refractivity contribution in [2.24, 2.45) is 5.84 Å². The van der Waals surface area contributed by atoms with E-state index in [9.17, 15) is 4.79 Å². The molecule has 0 aliphatic rings. The third-order valence-corrected chi connectivity index (χ3v) is 3.87. The summed E-state index contributed by atoms with van der Waals surface area (Å²) in [5, 5.41) is 3.41. The number of rotatable bonds is 3. The Morgan fingerprint density at radius 3 is 2.50 bits per heavy atom. The molecule has 0 atom stereocenters. The van der Waals surface area contributed by atoms with E-state index in [1.54, 1.807) is 30.3 Å². The van der Waals surface area contributed by atoms with Gasteiger partial charge in [-0.15, -0.1) is 0 Å². The molecule has 0 aliphatic heterocycles. The molecule has 0 heterocycles. The van der Waals surface area contributed by atoms with Crippen LogP contribution in [-0.2, 0) is 0 Å². The highest BCUT2D eigenvalue weighted by Gasteiger charge is 2.10. The summed E-state index contributed by atoms with van der Waals surface area (Å²) in [6, 6.07) is 10.4. The van der Waals surface area contributed by atoms with Crippen molar-refractivity contribution >= 4 is 44.8 Å². The smallest absolute Gasteiger partial charge is 0.255 e. The number of nitrogen functional groups attached to an aromatic ring is 1. The van der Waals surface area contributed by atoms with Crippen LogP contribution in [0.1, 0.15) is 15.9 Å². The average Bonchev–Trinajstić information content (AvgIpc) is 2.44. The number of anilines is 2. The SMILES string of the molecule is Cc1cc(Br)c(NC(=O)c2ccc(NN)cc2)cc1Cl. The van der Waals surface area contributed by atoms with Gasteiger partial charge in [0.2, 0.25) is 0 Å². The second-order valence-electron chi connectivity index (χ2n) is 4.26. The van der Waals surface area contributed by atoms with E-state index in [0.717, 1.165) is 15.7 Å². The average molecular weight is 355 g/mol. The van der Waals surface area contributed by atoms with E-state index >= 15 is 0 Å². The Labute approximate surface area is 130 Å². The zero-order valence-electron chi connectivity index (χ0n) is 10.7. The van der Waals surface area contributed by atoms with E-state index in [0.29, 0.717) is 16.3 Å². The number of hydrazine groups is 1. The van der Waals surface area contributed by atoms with Crippen LogP contribution >= 0.6 is 27.5 Å². The number of hydrogen-bond donors (Lipinski definition) is 3. The lowest BCUT2D eigenvalue weighted by atomic mass is 10.2. The van der Waals surface area contributed by atoms with Gasteiger partial charge in [-0.05, 0) is 64.8 Å². The third kappa shape index (κ3) is 3.30. The third-order valence-electron chi connectivity index (χ3n) is 2.81. The number of aryl methyl sites for hydroxylation is 1. The van der Waals surface area contributed by atoms with E-state index in [2.05, 4.69) is 26.7 Å². The van der Waals surface area contributed by atoms with Crippen LogP contribution in [0.5, 0.6) is 0 Å². The van der Waals surface area contributed by atoms with E-state index in [1.165, 1.54) is 0 Å². The molecule has 104 valence electrons. The molecule has 2 aromatic rings. The predicted octanol–water partition coefficient (Wildman–Crippen LogP) is 3.95. The molecule has 0 aromatic heterocycles. The molecule has 0 saturated heterocycles. The van der Waals surface area contributed by atoms with Crippen molar-refractivity contribution in [1.82, 2.24) is 0 Å². The van der Waals surface area contributed by atoms with Crippen molar-refractivity contribution in [3.05, 3.63) is 57.0 Å². The summed E-state index contributed by atoms with van der Waals surface area (Å²) in [5.41, 5.74) is 5.35. The molecule has 0 spiro atoms. The van der Waals surface area contributed by atoms with Crippen LogP contribution in [0.3, 0.4) is 0 Å². The number of nitrogens with one attached hydrogen (secondary N) is 2. The first-order valence-corrected chi connectivity index (χ1v) is 7.02. The first-order valence-electron chi connectivity index (χ1n) is 5.85. The first-order chi connectivity index (χ1) is 9.51. The molecule has 4 nitrogen and oxygen atoms in total. The van der Waals surface area contributed by atoms with Crippen molar-refractivity contribution in [3.8, 4) is 0 Å². The Morgan fingerprint density at radius 2 is 1.90 bits per heavy atom. The van der Waals surface area contributed by atoms with Gasteiger partial charge in [0, 0.05) is 20.7 Å². The second-order valence-corrected chi connectivity index (χ2v) is 5.52. The number of hydrogen-bond acceptors (Lipinski definition) is 3. The number of halogens is 2. The van der Waals surface area contributed by atoms with Gasteiger partial charge >= 0.3 is 0 Å². The molecular formula is C14H13BrClN3O. The standard InChI is InChI=1S/C14H13BrClN3O/c1-8-6-11(15)13(7-12(8)16)18-14(20)9-2-4-10(19-17)5-3-9/h2-7,19H,17H2,1H3,(H,18,20). The highest BCUT2D eigenvalue weighted by molar-refractivity contribution is 9.10. The van der Waals surface area contributed by atoms with Gasteiger partial charge in [0.15, 0.2) is 0 Å². The van der Waals surface area contributed by atoms with Gasteiger partial charge < -0.3 is 10.7 Å². The highest BCUT2D eigenvalue weighted by Crippen LogP contribution is 2.29. The normalized spacial score (nSPS) is 10.2. The van der Waals surface area contributed by atoms with Crippen LogP contribution in [0.25, 0.3) is 0 Å². The van der Waals surface area contributed by atoms with Gasteiger partial charge in [-0.3, -0.25) is 10.6 Å². The fraction of sp³-hybridized carbons (Fsp3) is 0.0714. The van der Waals surface area contributed by atoms with Crippen LogP contribution in [-0.4, -0.2) is 5.91 Å². The molecule has 0 saturated carbocycles. The Bertz CT molecular complexity index is 644. The van der Waals surface area contributed by atoms with Crippen molar-refractivity contribution in [3.63, 3.8) is 0 Å². The maximum Gasteiger partial charge on any atom is 0.255 e. The molecule has 6 heteroatoms. The van der Waals surface area contributed by atoms with E-state index in [1.807, 2.05) is 13.0 Å². The molecule has 20 heavy (non-hydrogen) atoms. The molecule has 4 N–H and O–H groups in total. The summed E-state index contributed by atoms with van der Waals surface area (Å²) < 4.78 is 0.785. The van der Waals surface area contributed by atoms with Crippen molar-refractivity contribution in [2.45, 2.75) is 6.92 Å². The molecule has 0 bridgehead atoms. The predicted molar refractivity (Wildman–Crippen MR) is 86.1 cm³/mol. The van der Waals surface area contributed by atoms with E-state index < -0.39 is 0 Å². The molecule has 2 rings (SSSR count). The topological polar surface area (TPSA) is 67.2 Å². The maximum absolute atomic E-state index is 12.1. The van der Waals surface area contributed by atoms with Gasteiger partial charge in [-0.25, -0.2) is 0 Å². The van der Waals surface area contributed by atoms with Crippen LogP contribution in [0.15, 0.2) is 40.9 Å². The molecule has 0 unspecified atom stereocenters. The summed E-state index contributed by atoms with van der Waals surface area (Å²) >= 11 is 9.47. The molecule has 2 aromatic carbocycles. The zero-order valence-corrected chi connectivity index (χ0v) is 13.0. The van der Waals surface area contributed by atoms with Crippen molar-refractivity contribution in [2.75, 3.05) is 10.7 Å². The molecule has 1 amide bonds. The summed E-state index contributed by atoms with van der Waals surface area (Å²) in [7, 11) is 0. The fourth-order valence-electron chi connectivity index (χ4n) is 1.65. The fourth-order valence-corrected chi connectivity index (χ4v) is 2.38. The summed E-state index contributed by atoms with van der Waals surface area (Å²) in [6.45, 7) is 1.90. The molecule has 0 aliphatic carbocycles. The van der Waals surface area contributed by atoms with E-state index in [-0.39, 0.29) is 5.91 Å². The summed E-state index contributed by atoms with van der Waals surface area (Å²) in [4.78, 5) is 12.1. The van der Waals surface area contributed by atoms with Gasteiger partial charge in [0.25, 0.3) is 5.91 Å². The number of benzene rings is 2. The van der Waals surface area contributed by atoms with Crippen LogP contribution in [0, 0.1) is 6.92 Å². The number of nitrogens with two attached hydrogens (primary N) is 1. The maximum atomic E-state index is 12.1. The molecule has 0 radical (unpaired) electrons. The van der Waals surface area contributed by atoms with Crippen LogP contribution in [0.4, 0.5) is 11.4 Å². The first kappa shape index (κ1) is 14.8. The molecular weight excluding hydrogens is 342 g/mol. The minimum absolute atomic E-state index is 0.214. The lowest BCUT2D eigenvalue weighted by molar-refractivity contribution is 0.102. The van der Waals surface area contributed by atoms with Gasteiger partial charge in [0.05, 0.1) is 5.69 Å². The Kier molecular flexibility index (Phi) is 4.65. The van der Waals surface area contributed by atoms with Crippen LogP contribution < -0.4 is 16.6 Å². The Balaban J connectivity index is 2.20. The minimum Gasteiger partial charge on any atom is -0.324 e. The van der Waals surface area contributed by atoms with Gasteiger partial charge in [-0.2, -0.15) is 0 Å². The number of carbonyl (C=O) groups is 1. The summed E-state index contributed by atoms with van der Waals surface area (Å²) in [6.07, 6.45) is 0. The van der Waals surface area contributed by atoms with Gasteiger partial charge in [-0.1, -0.05) is 11.6 Å². The van der Waals surface area contributed by atoms with Gasteiger partial charge in [0.1, 0.15) is 0 Å². The van der Waals surface area contributed by atoms with Crippen molar-refractivity contribution < 1.29 is 4.79 Å². The lowest BCUT2D eigenvalue weighted by Crippen LogP contribution is -2.13. The number of amides is 1. The summed E-state index contributed by atoms with van der Waals surface area (Å²) in [5.74, 6) is 5.07. The number of carbonyl (C=O) groups excluding carboxylic acids is 1. The Hall–Kier alpha value is -1.56. The minimum atomic E-state index is -0.214. The highest BCUT2D eigenvalue weighted by atomic mass is 79.9. The largest absolute Gasteiger partial charge is 0.324 e. The molecule has 0 fully saturated rings. The quantitative estimate of drug-likeness (QED) is 0.577. The lowest BCUT2D eigenvalue weighted by Gasteiger charge is -2.10. The van der Waals surface area contributed by atoms with Crippen molar-refractivity contribution in [1.29, 1.82) is 0 Å². The monoisotopic (exact) mass is 353 g/mol. The Morgan fingerprint density at radius 1 is 1.25 bits per heavy atom. The second kappa shape index (κ2) is 6.26.